The maximum absolute atomic E-state index is 11.3. The number of aromatic hydroxyl groups is 2. The predicted octanol–water partition coefficient (Wildman–Crippen LogP) is 2.20. The Labute approximate surface area is 101 Å². The fourth-order valence-corrected chi connectivity index (χ4v) is 1.99. The molecule has 0 amide bonds. The molecule has 0 bridgehead atoms. The lowest BCUT2D eigenvalue weighted by atomic mass is 10.0. The van der Waals surface area contributed by atoms with Crippen LogP contribution >= 0.6 is 0 Å². The maximum atomic E-state index is 11.3. The Morgan fingerprint density at radius 3 is 2.78 bits per heavy atom. The van der Waals surface area contributed by atoms with Gasteiger partial charge in [-0.25, -0.2) is 4.79 Å². The number of rotatable bonds is 1. The summed E-state index contributed by atoms with van der Waals surface area (Å²) in [6.07, 6.45) is 2.54. The number of benzene rings is 1. The van der Waals surface area contributed by atoms with Gasteiger partial charge in [-0.1, -0.05) is 18.2 Å². The van der Waals surface area contributed by atoms with Gasteiger partial charge in [0.2, 0.25) is 5.75 Å². The average molecular weight is 243 g/mol. The van der Waals surface area contributed by atoms with Crippen molar-refractivity contribution in [2.45, 2.75) is 0 Å². The van der Waals surface area contributed by atoms with E-state index in [4.69, 9.17) is 0 Å². The van der Waals surface area contributed by atoms with Crippen LogP contribution in [0.15, 0.2) is 45.9 Å². The molecule has 0 atom stereocenters. The number of hydrogen-bond donors (Lipinski definition) is 3. The third-order valence-corrected chi connectivity index (χ3v) is 2.82. The van der Waals surface area contributed by atoms with E-state index in [1.165, 1.54) is 0 Å². The first-order valence-corrected chi connectivity index (χ1v) is 5.28. The summed E-state index contributed by atoms with van der Waals surface area (Å²) in [6.45, 7) is 0. The number of para-hydroxylation sites is 1. The number of hydrogen-bond acceptors (Lipinski definition) is 4. The van der Waals surface area contributed by atoms with Crippen molar-refractivity contribution in [3.63, 3.8) is 0 Å². The number of aromatic amines is 1. The Morgan fingerprint density at radius 2 is 1.94 bits per heavy atom. The van der Waals surface area contributed by atoms with Crippen molar-refractivity contribution >= 4 is 10.9 Å². The first kappa shape index (κ1) is 10.5. The number of nitrogens with one attached hydrogen (secondary N) is 1. The van der Waals surface area contributed by atoms with E-state index in [1.807, 2.05) is 24.3 Å². The molecule has 2 heterocycles. The lowest BCUT2D eigenvalue weighted by Crippen LogP contribution is -1.98. The third-order valence-electron chi connectivity index (χ3n) is 2.82. The van der Waals surface area contributed by atoms with Crippen molar-refractivity contribution in [3.8, 4) is 22.6 Å². The zero-order valence-electron chi connectivity index (χ0n) is 9.18. The Kier molecular flexibility index (Phi) is 2.13. The highest BCUT2D eigenvalue weighted by Crippen LogP contribution is 2.38. The van der Waals surface area contributed by atoms with E-state index in [0.29, 0.717) is 5.56 Å². The van der Waals surface area contributed by atoms with Crippen LogP contribution in [0.2, 0.25) is 0 Å². The summed E-state index contributed by atoms with van der Waals surface area (Å²) in [5.74, 6) is -0.878. The van der Waals surface area contributed by atoms with Crippen molar-refractivity contribution < 1.29 is 14.6 Å². The quantitative estimate of drug-likeness (QED) is 0.611. The van der Waals surface area contributed by atoms with Gasteiger partial charge in [0, 0.05) is 22.7 Å². The first-order valence-electron chi connectivity index (χ1n) is 5.28. The van der Waals surface area contributed by atoms with Crippen molar-refractivity contribution in [1.82, 2.24) is 4.98 Å². The second-order valence-electron chi connectivity index (χ2n) is 3.88. The third kappa shape index (κ3) is 1.37. The fraction of sp³-hybridized carbons (Fsp3) is 0. The summed E-state index contributed by atoms with van der Waals surface area (Å²) in [7, 11) is 0. The van der Waals surface area contributed by atoms with Gasteiger partial charge < -0.3 is 19.6 Å². The predicted molar refractivity (Wildman–Crippen MR) is 65.6 cm³/mol. The van der Waals surface area contributed by atoms with Gasteiger partial charge in [0.05, 0.1) is 5.56 Å². The minimum atomic E-state index is -0.881. The van der Waals surface area contributed by atoms with E-state index in [9.17, 15) is 15.0 Å². The zero-order valence-corrected chi connectivity index (χ0v) is 9.18. The molecule has 0 radical (unpaired) electrons. The summed E-state index contributed by atoms with van der Waals surface area (Å²) < 4.78 is 4.47. The zero-order chi connectivity index (χ0) is 12.7. The van der Waals surface area contributed by atoms with Crippen LogP contribution in [-0.4, -0.2) is 15.2 Å². The molecule has 5 heteroatoms. The minimum Gasteiger partial charge on any atom is -0.504 e. The molecule has 0 saturated carbocycles. The maximum Gasteiger partial charge on any atom is 0.379 e. The molecular weight excluding hydrogens is 234 g/mol. The summed E-state index contributed by atoms with van der Waals surface area (Å²) in [6, 6.07) is 7.38. The van der Waals surface area contributed by atoms with Crippen molar-refractivity contribution in [2.24, 2.45) is 0 Å². The highest BCUT2D eigenvalue weighted by atomic mass is 16.4. The van der Waals surface area contributed by atoms with Crippen LogP contribution in [0.5, 0.6) is 11.5 Å². The molecule has 0 aliphatic heterocycles. The molecule has 2 aromatic heterocycles. The molecule has 90 valence electrons. The second kappa shape index (κ2) is 3.66. The summed E-state index contributed by atoms with van der Waals surface area (Å²) in [4.78, 5) is 14.3. The smallest absolute Gasteiger partial charge is 0.379 e. The largest absolute Gasteiger partial charge is 0.504 e. The first-order chi connectivity index (χ1) is 8.68. The Balaban J connectivity index is 2.40. The van der Waals surface area contributed by atoms with Gasteiger partial charge in [-0.15, -0.1) is 0 Å². The molecule has 0 fully saturated rings. The highest BCUT2D eigenvalue weighted by molar-refractivity contribution is 5.98. The van der Waals surface area contributed by atoms with Gasteiger partial charge in [-0.2, -0.15) is 0 Å². The van der Waals surface area contributed by atoms with Crippen LogP contribution in [0.25, 0.3) is 22.0 Å². The van der Waals surface area contributed by atoms with Gasteiger partial charge in [0.15, 0.2) is 5.75 Å². The molecule has 3 rings (SSSR count). The van der Waals surface area contributed by atoms with Gasteiger partial charge in [-0.3, -0.25) is 0 Å². The van der Waals surface area contributed by atoms with Crippen LogP contribution in [0, 0.1) is 0 Å². The lowest BCUT2D eigenvalue weighted by Gasteiger charge is -2.03. The van der Waals surface area contributed by atoms with Crippen LogP contribution in [0.1, 0.15) is 0 Å². The molecular formula is C13H9NO4. The number of aromatic nitrogens is 1. The van der Waals surface area contributed by atoms with Crippen LogP contribution < -0.4 is 5.63 Å². The van der Waals surface area contributed by atoms with Crippen LogP contribution in [-0.2, 0) is 0 Å². The van der Waals surface area contributed by atoms with Gasteiger partial charge in [0.25, 0.3) is 0 Å². The molecule has 0 saturated heterocycles. The summed E-state index contributed by atoms with van der Waals surface area (Å²) in [5, 5.41) is 20.3. The molecule has 0 spiro atoms. The van der Waals surface area contributed by atoms with E-state index in [0.717, 1.165) is 17.2 Å². The van der Waals surface area contributed by atoms with Gasteiger partial charge in [-0.05, 0) is 6.07 Å². The van der Waals surface area contributed by atoms with Crippen molar-refractivity contribution in [3.05, 3.63) is 47.1 Å². The molecule has 0 unspecified atom stereocenters. The molecule has 5 nitrogen and oxygen atoms in total. The van der Waals surface area contributed by atoms with Crippen molar-refractivity contribution in [1.29, 1.82) is 0 Å². The van der Waals surface area contributed by atoms with E-state index in [1.54, 1.807) is 6.20 Å². The molecule has 0 aliphatic carbocycles. The molecule has 18 heavy (non-hydrogen) atoms. The summed E-state index contributed by atoms with van der Waals surface area (Å²) >= 11 is 0. The normalized spacial score (nSPS) is 10.9. The lowest BCUT2D eigenvalue weighted by molar-refractivity contribution is 0.382. The number of H-pyrrole nitrogens is 1. The van der Waals surface area contributed by atoms with E-state index in [2.05, 4.69) is 9.40 Å². The van der Waals surface area contributed by atoms with E-state index in [-0.39, 0.29) is 11.3 Å². The van der Waals surface area contributed by atoms with Crippen LogP contribution in [0.4, 0.5) is 0 Å². The summed E-state index contributed by atoms with van der Waals surface area (Å²) in [5.41, 5.74) is 0.588. The fourth-order valence-electron chi connectivity index (χ4n) is 1.99. The minimum absolute atomic E-state index is 0.0729. The standard InChI is InChI=1S/C13H9NO4/c15-10-6-18-13(17)12(16)11(10)8-5-14-9-4-2-1-3-7(8)9/h1-6,14-16H. The SMILES string of the molecule is O=c1occ(O)c(-c2c[nH]c3ccccc23)c1O. The van der Waals surface area contributed by atoms with E-state index < -0.39 is 11.4 Å². The highest BCUT2D eigenvalue weighted by Gasteiger charge is 2.17. The van der Waals surface area contributed by atoms with Gasteiger partial charge in [0.1, 0.15) is 6.26 Å². The average Bonchev–Trinajstić information content (AvgIpc) is 2.79. The monoisotopic (exact) mass is 243 g/mol. The molecule has 0 aliphatic rings. The topological polar surface area (TPSA) is 86.5 Å². The second-order valence-corrected chi connectivity index (χ2v) is 3.88. The molecule has 3 N–H and O–H groups in total. The van der Waals surface area contributed by atoms with Crippen LogP contribution in [0.3, 0.4) is 0 Å². The number of fused-ring (bicyclic) bond motifs is 1. The molecule has 3 aromatic rings. The Bertz CT molecular complexity index is 785. The van der Waals surface area contributed by atoms with Crippen molar-refractivity contribution in [2.75, 3.05) is 0 Å². The van der Waals surface area contributed by atoms with E-state index >= 15 is 0 Å². The van der Waals surface area contributed by atoms with Gasteiger partial charge >= 0.3 is 5.63 Å². The Hall–Kier alpha value is -2.69. The molecule has 1 aromatic carbocycles. The Morgan fingerprint density at radius 1 is 1.17 bits per heavy atom.